The number of hydrogen-bond acceptors (Lipinski definition) is 4. The Morgan fingerprint density at radius 3 is 2.27 bits per heavy atom. The average molecular weight is 320 g/mol. The molecule has 4 nitrogen and oxygen atoms in total. The quantitative estimate of drug-likeness (QED) is 0.517. The topological polar surface area (TPSA) is 52.6 Å². The van der Waals surface area contributed by atoms with Crippen molar-refractivity contribution in [3.63, 3.8) is 0 Å². The molecule has 0 aromatic heterocycles. The van der Waals surface area contributed by atoms with E-state index >= 15 is 0 Å². The van der Waals surface area contributed by atoms with Crippen LogP contribution in [0.3, 0.4) is 0 Å². The summed E-state index contributed by atoms with van der Waals surface area (Å²) in [7, 11) is -2.47. The zero-order valence-corrected chi connectivity index (χ0v) is 14.7. The van der Waals surface area contributed by atoms with Crippen LogP contribution < -0.4 is 4.74 Å². The summed E-state index contributed by atoms with van der Waals surface area (Å²) in [6, 6.07) is 10.7. The fourth-order valence-corrected chi connectivity index (χ4v) is 5.13. The van der Waals surface area contributed by atoms with Crippen LogP contribution in [-0.2, 0) is 14.0 Å². The van der Waals surface area contributed by atoms with Crippen molar-refractivity contribution in [1.82, 2.24) is 0 Å². The summed E-state index contributed by atoms with van der Waals surface area (Å²) >= 11 is 0. The third-order valence-corrected chi connectivity index (χ3v) is 8.32. The van der Waals surface area contributed by atoms with Crippen LogP contribution in [0, 0.1) is 0 Å². The van der Waals surface area contributed by atoms with E-state index in [1.165, 1.54) is 0 Å². The van der Waals surface area contributed by atoms with Crippen LogP contribution in [0.2, 0.25) is 12.1 Å². The number of carbonyl (C=O) groups is 1. The lowest BCUT2D eigenvalue weighted by Crippen LogP contribution is -2.47. The molecule has 0 heterocycles. The first-order chi connectivity index (χ1) is 10.5. The third kappa shape index (κ3) is 4.66. The van der Waals surface area contributed by atoms with Gasteiger partial charge in [-0.15, -0.1) is 0 Å². The van der Waals surface area contributed by atoms with E-state index in [9.17, 15) is 9.59 Å². The van der Waals surface area contributed by atoms with Gasteiger partial charge in [0, 0.05) is 0 Å². The predicted molar refractivity (Wildman–Crippen MR) is 89.1 cm³/mol. The first-order valence-corrected chi connectivity index (χ1v) is 9.91. The number of rotatable bonds is 9. The molecular weight excluding hydrogens is 296 g/mol. The highest BCUT2D eigenvalue weighted by Gasteiger charge is 2.39. The fourth-order valence-electron chi connectivity index (χ4n) is 2.31. The summed E-state index contributed by atoms with van der Waals surface area (Å²) in [6.45, 7) is 7.41. The van der Waals surface area contributed by atoms with E-state index in [0.29, 0.717) is 23.4 Å². The second-order valence-corrected chi connectivity index (χ2v) is 9.59. The highest BCUT2D eigenvalue weighted by atomic mass is 28.4. The van der Waals surface area contributed by atoms with Gasteiger partial charge in [-0.1, -0.05) is 32.0 Å². The summed E-state index contributed by atoms with van der Waals surface area (Å²) in [5.41, 5.74) is 0.392. The van der Waals surface area contributed by atoms with Crippen LogP contribution in [0.1, 0.15) is 27.7 Å². The molecule has 1 aromatic rings. The van der Waals surface area contributed by atoms with Crippen molar-refractivity contribution < 1.29 is 18.8 Å². The molecule has 0 radical (unpaired) electrons. The van der Waals surface area contributed by atoms with Gasteiger partial charge in [0.05, 0.1) is 11.7 Å². The van der Waals surface area contributed by atoms with Gasteiger partial charge in [-0.3, -0.25) is 0 Å². The smallest absolute Gasteiger partial charge is 0.264 e. The first-order valence-electron chi connectivity index (χ1n) is 7.59. The normalized spacial score (nSPS) is 12.4. The van der Waals surface area contributed by atoms with Gasteiger partial charge in [-0.05, 0) is 38.1 Å². The standard InChI is InChI=1S/C17H24O4Si/c1-5-22(6-2,15(4)19)21-14(3)16(12-18)13-20-17-10-8-7-9-11-17/h7-11,14H,5-6,13H2,1-4H3. The Kier molecular flexibility index (Phi) is 7.25. The summed E-state index contributed by atoms with van der Waals surface area (Å²) in [5, 5.41) is 0.110. The Morgan fingerprint density at radius 1 is 1.23 bits per heavy atom. The Hall–Kier alpha value is -1.68. The molecule has 0 saturated carbocycles. The maximum Gasteiger partial charge on any atom is 0.264 e. The number of carbonyl (C=O) groups excluding carboxylic acids is 2. The molecule has 1 aromatic carbocycles. The molecule has 0 bridgehead atoms. The summed E-state index contributed by atoms with van der Waals surface area (Å²) < 4.78 is 11.6. The Morgan fingerprint density at radius 2 is 1.82 bits per heavy atom. The van der Waals surface area contributed by atoms with Crippen LogP contribution in [0.15, 0.2) is 35.9 Å². The lowest BCUT2D eigenvalue weighted by molar-refractivity contribution is -0.112. The maximum atomic E-state index is 12.0. The molecule has 0 amide bonds. The molecule has 1 unspecified atom stereocenters. The molecule has 5 heteroatoms. The maximum absolute atomic E-state index is 12.0. The molecule has 120 valence electrons. The molecule has 0 spiro atoms. The van der Waals surface area contributed by atoms with Gasteiger partial charge in [-0.2, -0.15) is 0 Å². The Balaban J connectivity index is 2.74. The molecule has 1 rings (SSSR count). The lowest BCUT2D eigenvalue weighted by atomic mass is 10.2. The number of para-hydroxylation sites is 1. The van der Waals surface area contributed by atoms with E-state index in [4.69, 9.17) is 9.16 Å². The number of ether oxygens (including phenoxy) is 1. The summed E-state index contributed by atoms with van der Waals surface area (Å²) in [6.07, 6.45) is -0.461. The summed E-state index contributed by atoms with van der Waals surface area (Å²) in [5.74, 6) is 2.59. The van der Waals surface area contributed by atoms with Crippen LogP contribution in [0.5, 0.6) is 5.75 Å². The molecule has 0 aliphatic heterocycles. The van der Waals surface area contributed by atoms with E-state index in [-0.39, 0.29) is 12.0 Å². The molecule has 0 N–H and O–H groups in total. The van der Waals surface area contributed by atoms with Crippen molar-refractivity contribution in [3.8, 4) is 5.75 Å². The SMILES string of the molecule is CC[Si](CC)(OC(C)C(=C=O)COc1ccccc1)C(C)=O. The lowest BCUT2D eigenvalue weighted by Gasteiger charge is -2.30. The second-order valence-electron chi connectivity index (χ2n) is 5.25. The number of benzene rings is 1. The van der Waals surface area contributed by atoms with Gasteiger partial charge in [0.1, 0.15) is 23.7 Å². The molecule has 0 saturated heterocycles. The van der Waals surface area contributed by atoms with Gasteiger partial charge in [0.25, 0.3) is 8.32 Å². The summed E-state index contributed by atoms with van der Waals surface area (Å²) in [4.78, 5) is 23.2. The molecule has 0 aliphatic rings. The fraction of sp³-hybridized carbons (Fsp3) is 0.471. The van der Waals surface area contributed by atoms with E-state index in [0.717, 1.165) is 0 Å². The highest BCUT2D eigenvalue weighted by Crippen LogP contribution is 2.22. The van der Waals surface area contributed by atoms with Gasteiger partial charge in [-0.25, -0.2) is 4.79 Å². The zero-order chi connectivity index (χ0) is 16.6. The van der Waals surface area contributed by atoms with Crippen molar-refractivity contribution in [2.75, 3.05) is 6.61 Å². The van der Waals surface area contributed by atoms with Crippen molar-refractivity contribution in [3.05, 3.63) is 35.9 Å². The van der Waals surface area contributed by atoms with E-state index < -0.39 is 14.4 Å². The number of hydrogen-bond donors (Lipinski definition) is 0. The van der Waals surface area contributed by atoms with Crippen LogP contribution in [0.4, 0.5) is 0 Å². The van der Waals surface area contributed by atoms with Crippen LogP contribution >= 0.6 is 0 Å². The minimum atomic E-state index is -2.47. The third-order valence-electron chi connectivity index (χ3n) is 3.95. The minimum absolute atomic E-state index is 0.110. The second kappa shape index (κ2) is 8.69. The predicted octanol–water partition coefficient (Wildman–Crippen LogP) is 3.34. The van der Waals surface area contributed by atoms with Crippen molar-refractivity contribution in [2.45, 2.75) is 45.9 Å². The van der Waals surface area contributed by atoms with E-state index in [1.54, 1.807) is 13.8 Å². The zero-order valence-electron chi connectivity index (χ0n) is 13.7. The van der Waals surface area contributed by atoms with Crippen LogP contribution in [0.25, 0.3) is 0 Å². The van der Waals surface area contributed by atoms with Crippen LogP contribution in [-0.4, -0.2) is 32.4 Å². The van der Waals surface area contributed by atoms with Gasteiger partial charge < -0.3 is 14.0 Å². The molecule has 0 aliphatic carbocycles. The van der Waals surface area contributed by atoms with Crippen molar-refractivity contribution in [1.29, 1.82) is 0 Å². The minimum Gasteiger partial charge on any atom is -0.488 e. The van der Waals surface area contributed by atoms with E-state index in [2.05, 4.69) is 0 Å². The Labute approximate surface area is 133 Å². The van der Waals surface area contributed by atoms with Crippen molar-refractivity contribution in [2.24, 2.45) is 0 Å². The Bertz CT molecular complexity index is 531. The van der Waals surface area contributed by atoms with Gasteiger partial charge >= 0.3 is 0 Å². The van der Waals surface area contributed by atoms with Crippen molar-refractivity contribution >= 4 is 19.7 Å². The largest absolute Gasteiger partial charge is 0.488 e. The molecule has 22 heavy (non-hydrogen) atoms. The monoisotopic (exact) mass is 320 g/mol. The molecule has 0 fully saturated rings. The van der Waals surface area contributed by atoms with Gasteiger partial charge in [0.15, 0.2) is 0 Å². The average Bonchev–Trinajstić information content (AvgIpc) is 2.54. The molecular formula is C17H24O4Si. The van der Waals surface area contributed by atoms with Gasteiger partial charge in [0.2, 0.25) is 0 Å². The molecule has 1 atom stereocenters. The highest BCUT2D eigenvalue weighted by molar-refractivity contribution is 7.01. The first kappa shape index (κ1) is 18.4. The van der Waals surface area contributed by atoms with E-state index in [1.807, 2.05) is 50.1 Å².